The molecule has 3 saturated heterocycles. The molecule has 3 aliphatic heterocycles. The lowest BCUT2D eigenvalue weighted by atomic mass is 9.96. The van der Waals surface area contributed by atoms with Crippen LogP contribution in [0.25, 0.3) is 0 Å². The Labute approximate surface area is 537 Å². The van der Waals surface area contributed by atoms with E-state index in [9.17, 15) is 61.0 Å². The molecule has 0 aromatic carbocycles. The Morgan fingerprint density at radius 3 is 1.24 bits per heavy atom. The van der Waals surface area contributed by atoms with Crippen LogP contribution in [0.5, 0.6) is 0 Å². The van der Waals surface area contributed by atoms with Crippen molar-refractivity contribution >= 4 is 5.91 Å². The van der Waals surface area contributed by atoms with Crippen molar-refractivity contribution in [2.45, 2.75) is 279 Å². The molecular formula is C71H115NO18. The van der Waals surface area contributed by atoms with Gasteiger partial charge in [-0.25, -0.2) is 0 Å². The summed E-state index contributed by atoms with van der Waals surface area (Å²) in [6, 6.07) is -1.000. The third-order valence-corrected chi connectivity index (χ3v) is 15.7. The van der Waals surface area contributed by atoms with E-state index in [1.165, 1.54) is 25.7 Å². The molecule has 0 saturated carbocycles. The summed E-state index contributed by atoms with van der Waals surface area (Å²) >= 11 is 0. The van der Waals surface area contributed by atoms with Gasteiger partial charge in [-0.3, -0.25) is 4.79 Å². The van der Waals surface area contributed by atoms with Crippen LogP contribution in [0.15, 0.2) is 134 Å². The molecule has 19 heteroatoms. The molecule has 0 aromatic heterocycles. The normalized spacial score (nSPS) is 28.9. The van der Waals surface area contributed by atoms with Crippen LogP contribution in [0.1, 0.15) is 174 Å². The average molecular weight is 1270 g/mol. The van der Waals surface area contributed by atoms with Crippen LogP contribution in [-0.2, 0) is 33.2 Å². The van der Waals surface area contributed by atoms with Gasteiger partial charge in [0.25, 0.3) is 0 Å². The predicted molar refractivity (Wildman–Crippen MR) is 350 cm³/mol. The maximum absolute atomic E-state index is 13.3. The van der Waals surface area contributed by atoms with Gasteiger partial charge in [-0.15, -0.1) is 0 Å². The molecule has 19 nitrogen and oxygen atoms in total. The summed E-state index contributed by atoms with van der Waals surface area (Å²) in [5.74, 6) is -0.303. The molecule has 3 fully saturated rings. The highest BCUT2D eigenvalue weighted by Gasteiger charge is 2.53. The van der Waals surface area contributed by atoms with Crippen LogP contribution in [0, 0.1) is 0 Å². The number of aliphatic hydroxyl groups excluding tert-OH is 11. The first-order valence-electron chi connectivity index (χ1n) is 33.4. The molecule has 1 amide bonds. The Kier molecular flexibility index (Phi) is 45.7. The number of hydrogen-bond acceptors (Lipinski definition) is 18. The zero-order chi connectivity index (χ0) is 65.4. The van der Waals surface area contributed by atoms with Crippen molar-refractivity contribution in [1.29, 1.82) is 0 Å². The van der Waals surface area contributed by atoms with Gasteiger partial charge >= 0.3 is 0 Å². The number of hydrogen-bond donors (Lipinski definition) is 12. The highest BCUT2D eigenvalue weighted by Crippen LogP contribution is 2.33. The number of carbonyl (C=O) groups excluding carboxylic acids is 1. The number of carbonyl (C=O) groups is 1. The van der Waals surface area contributed by atoms with E-state index in [1.807, 2.05) is 6.08 Å². The van der Waals surface area contributed by atoms with Crippen molar-refractivity contribution in [2.75, 3.05) is 26.4 Å². The van der Waals surface area contributed by atoms with Gasteiger partial charge < -0.3 is 89.9 Å². The standard InChI is InChI=1S/C71H115NO18/c1-3-5-7-9-11-13-14-15-16-17-18-19-20-21-22-23-24-25-26-27-28-29-30-31-32-33-34-35-36-37-38-39-40-41-43-45-47-49-59(77)72-54(55(76)48-46-44-42-12-10-8-6-4-2)53-85-69-65(83)62(80)67(57(51-74)87-69)90-71-66(84)63(81)68(58(52-75)88-71)89-70-64(82)61(79)60(78)56(50-73)86-70/h5,7,10-13,15-16,18-19,21-22,24-25,27-28,30-31,33-34,46,48,54-58,60-71,73-76,78-84H,3-4,6,8-9,14,17,20,23,26,29,32,35-45,47,49-53H2,1-2H3,(H,72,77)/b7-5-,12-10+,13-11-,16-15-,19-18-,22-21-,25-24-,28-27-,31-30-,34-33-,48-46+. The first kappa shape index (κ1) is 80.2. The second-order valence-corrected chi connectivity index (χ2v) is 23.2. The Bertz CT molecular complexity index is 2150. The van der Waals surface area contributed by atoms with Crippen LogP contribution < -0.4 is 5.32 Å². The summed E-state index contributed by atoms with van der Waals surface area (Å²) in [5, 5.41) is 120. The maximum atomic E-state index is 13.3. The molecule has 17 atom stereocenters. The Morgan fingerprint density at radius 2 is 0.778 bits per heavy atom. The highest BCUT2D eigenvalue weighted by molar-refractivity contribution is 5.76. The van der Waals surface area contributed by atoms with Gasteiger partial charge in [0.05, 0.1) is 38.6 Å². The highest BCUT2D eigenvalue weighted by atomic mass is 16.8. The summed E-state index contributed by atoms with van der Waals surface area (Å²) < 4.78 is 34.2. The lowest BCUT2D eigenvalue weighted by Gasteiger charge is -2.48. The van der Waals surface area contributed by atoms with Crippen LogP contribution >= 0.6 is 0 Å². The first-order valence-corrected chi connectivity index (χ1v) is 33.4. The molecule has 0 aromatic rings. The summed E-state index contributed by atoms with van der Waals surface area (Å²) in [6.45, 7) is 1.46. The molecule has 90 heavy (non-hydrogen) atoms. The van der Waals surface area contributed by atoms with Gasteiger partial charge in [0.2, 0.25) is 5.91 Å². The van der Waals surface area contributed by atoms with E-state index in [0.29, 0.717) is 12.8 Å². The van der Waals surface area contributed by atoms with Crippen LogP contribution in [0.2, 0.25) is 0 Å². The van der Waals surface area contributed by atoms with Crippen molar-refractivity contribution in [3.63, 3.8) is 0 Å². The molecule has 0 spiro atoms. The summed E-state index contributed by atoms with van der Waals surface area (Å²) in [7, 11) is 0. The van der Waals surface area contributed by atoms with Crippen LogP contribution in [0.3, 0.4) is 0 Å². The van der Waals surface area contributed by atoms with Crippen LogP contribution in [0.4, 0.5) is 0 Å². The van der Waals surface area contributed by atoms with E-state index < -0.39 is 124 Å². The van der Waals surface area contributed by atoms with Crippen molar-refractivity contribution in [3.05, 3.63) is 134 Å². The minimum atomic E-state index is -1.99. The largest absolute Gasteiger partial charge is 0.394 e. The first-order chi connectivity index (χ1) is 43.8. The number of aliphatic hydroxyl groups is 11. The average Bonchev–Trinajstić information content (AvgIpc) is 0.847. The molecule has 3 heterocycles. The Balaban J connectivity index is 1.32. The lowest BCUT2D eigenvalue weighted by Crippen LogP contribution is -2.66. The fourth-order valence-electron chi connectivity index (χ4n) is 10.2. The lowest BCUT2D eigenvalue weighted by molar-refractivity contribution is -0.379. The molecular weight excluding hydrogens is 1150 g/mol. The van der Waals surface area contributed by atoms with Crippen LogP contribution in [-0.4, -0.2) is 193 Å². The molecule has 17 unspecified atom stereocenters. The quantitative estimate of drug-likeness (QED) is 0.0202. The van der Waals surface area contributed by atoms with Gasteiger partial charge in [-0.05, 0) is 96.3 Å². The van der Waals surface area contributed by atoms with Crippen molar-refractivity contribution in [3.8, 4) is 0 Å². The smallest absolute Gasteiger partial charge is 0.220 e. The van der Waals surface area contributed by atoms with Crippen molar-refractivity contribution < 1.29 is 89.4 Å². The fourth-order valence-corrected chi connectivity index (χ4v) is 10.2. The maximum Gasteiger partial charge on any atom is 0.220 e. The zero-order valence-electron chi connectivity index (χ0n) is 53.8. The van der Waals surface area contributed by atoms with Crippen molar-refractivity contribution in [1.82, 2.24) is 5.32 Å². The molecule has 3 rings (SSSR count). The molecule has 0 aliphatic carbocycles. The Hall–Kier alpha value is -4.07. The van der Waals surface area contributed by atoms with E-state index in [-0.39, 0.29) is 18.9 Å². The number of amides is 1. The monoisotopic (exact) mass is 1270 g/mol. The minimum Gasteiger partial charge on any atom is -0.394 e. The zero-order valence-corrected chi connectivity index (χ0v) is 53.8. The number of ether oxygens (including phenoxy) is 6. The topological polar surface area (TPSA) is 307 Å². The summed E-state index contributed by atoms with van der Waals surface area (Å²) in [4.78, 5) is 13.3. The predicted octanol–water partition coefficient (Wildman–Crippen LogP) is 8.21. The van der Waals surface area contributed by atoms with Gasteiger partial charge in [-0.1, -0.05) is 205 Å². The number of allylic oxidation sites excluding steroid dienone is 21. The van der Waals surface area contributed by atoms with Gasteiger partial charge in [-0.2, -0.15) is 0 Å². The van der Waals surface area contributed by atoms with E-state index in [1.54, 1.807) is 6.08 Å². The second-order valence-electron chi connectivity index (χ2n) is 23.2. The van der Waals surface area contributed by atoms with Crippen molar-refractivity contribution in [2.24, 2.45) is 0 Å². The fraction of sp³-hybridized carbons (Fsp3) is 0.676. The van der Waals surface area contributed by atoms with E-state index in [0.717, 1.165) is 116 Å². The number of unbranched alkanes of at least 4 members (excludes halogenated alkanes) is 12. The number of rotatable bonds is 48. The second kappa shape index (κ2) is 51.4. The minimum absolute atomic E-state index is 0.218. The van der Waals surface area contributed by atoms with E-state index >= 15 is 0 Å². The molecule has 3 aliphatic rings. The third-order valence-electron chi connectivity index (χ3n) is 15.7. The SMILES string of the molecule is CC/C=C\C/C=C\C/C=C\C/C=C\C/C=C\C/C=C\C/C=C\C/C=C\C/C=C\CCCCCCCCCCCC(=O)NC(COC1OC(CO)C(OC2OC(CO)C(OC3OC(CO)C(O)C(O)C3O)C(O)C2O)C(O)C1O)C(O)/C=C/CC/C=C/CCCC. The van der Waals surface area contributed by atoms with Gasteiger partial charge in [0.15, 0.2) is 18.9 Å². The van der Waals surface area contributed by atoms with Gasteiger partial charge in [0.1, 0.15) is 73.2 Å². The van der Waals surface area contributed by atoms with E-state index in [2.05, 4.69) is 141 Å². The Morgan fingerprint density at radius 1 is 0.411 bits per heavy atom. The molecule has 512 valence electrons. The molecule has 0 bridgehead atoms. The molecule has 0 radical (unpaired) electrons. The summed E-state index contributed by atoms with van der Waals surface area (Å²) in [5.41, 5.74) is 0. The number of nitrogens with one attached hydrogen (secondary N) is 1. The third kappa shape index (κ3) is 33.2. The van der Waals surface area contributed by atoms with Gasteiger partial charge in [0, 0.05) is 6.42 Å². The summed E-state index contributed by atoms with van der Waals surface area (Å²) in [6.07, 6.45) is 44.8. The van der Waals surface area contributed by atoms with E-state index in [4.69, 9.17) is 28.4 Å². The molecule has 12 N–H and O–H groups in total.